The minimum absolute atomic E-state index is 0. The van der Waals surface area contributed by atoms with Crippen LogP contribution in [0.2, 0.25) is 0 Å². The maximum absolute atomic E-state index is 12.4. The third-order valence-electron chi connectivity index (χ3n) is 5.00. The zero-order chi connectivity index (χ0) is 16.2. The van der Waals surface area contributed by atoms with Gasteiger partial charge in [0.05, 0.1) is 11.7 Å². The van der Waals surface area contributed by atoms with Gasteiger partial charge >= 0.3 is 0 Å². The van der Waals surface area contributed by atoms with E-state index in [0.717, 1.165) is 50.9 Å². The molecule has 2 fully saturated rings. The van der Waals surface area contributed by atoms with Crippen molar-refractivity contribution in [2.24, 2.45) is 5.92 Å². The highest BCUT2D eigenvalue weighted by molar-refractivity contribution is 7.98. The summed E-state index contributed by atoms with van der Waals surface area (Å²) >= 11 is 1.77. The third kappa shape index (κ3) is 4.77. The van der Waals surface area contributed by atoms with Crippen molar-refractivity contribution in [2.45, 2.75) is 57.7 Å². The van der Waals surface area contributed by atoms with Crippen LogP contribution in [0.25, 0.3) is 0 Å². The molecule has 1 atom stereocenters. The lowest BCUT2D eigenvalue weighted by Gasteiger charge is -2.40. The van der Waals surface area contributed by atoms with Gasteiger partial charge in [-0.05, 0) is 31.3 Å². The van der Waals surface area contributed by atoms with Crippen molar-refractivity contribution in [3.05, 3.63) is 0 Å². The molecule has 0 aromatic rings. The standard InChI is InChI=1S/C16H29N3O2S.ClH/c1-4-12(5-2)15(21)19-9-7-16(8-10-19)17-13(6-11-22-3)14(20)18-16;/h12-13,17H,4-11H2,1-3H3,(H,18,20);1H/t13-;/m0./s1. The number of thioether (sulfide) groups is 1. The van der Waals surface area contributed by atoms with Gasteiger partial charge in [0.15, 0.2) is 0 Å². The van der Waals surface area contributed by atoms with Gasteiger partial charge in [-0.1, -0.05) is 13.8 Å². The van der Waals surface area contributed by atoms with E-state index in [1.807, 2.05) is 4.90 Å². The molecule has 23 heavy (non-hydrogen) atoms. The molecule has 2 heterocycles. The van der Waals surface area contributed by atoms with E-state index < -0.39 is 0 Å². The van der Waals surface area contributed by atoms with Crippen molar-refractivity contribution in [3.8, 4) is 0 Å². The van der Waals surface area contributed by atoms with Crippen molar-refractivity contribution in [1.29, 1.82) is 0 Å². The van der Waals surface area contributed by atoms with E-state index in [1.54, 1.807) is 11.8 Å². The monoisotopic (exact) mass is 363 g/mol. The number of carbonyl (C=O) groups excluding carboxylic acids is 2. The van der Waals surface area contributed by atoms with Crippen LogP contribution in [0.5, 0.6) is 0 Å². The predicted octanol–water partition coefficient (Wildman–Crippen LogP) is 2.00. The molecule has 2 saturated heterocycles. The molecule has 1 spiro atoms. The first-order valence-corrected chi connectivity index (χ1v) is 9.82. The second-order valence-corrected chi connectivity index (χ2v) is 7.37. The highest BCUT2D eigenvalue weighted by Gasteiger charge is 2.45. The molecule has 2 aliphatic rings. The fourth-order valence-corrected chi connectivity index (χ4v) is 3.94. The maximum Gasteiger partial charge on any atom is 0.238 e. The van der Waals surface area contributed by atoms with Gasteiger partial charge in [0, 0.05) is 31.8 Å². The molecule has 0 radical (unpaired) electrons. The molecule has 2 amide bonds. The number of amides is 2. The molecule has 7 heteroatoms. The molecule has 2 rings (SSSR count). The highest BCUT2D eigenvalue weighted by Crippen LogP contribution is 2.27. The zero-order valence-electron chi connectivity index (χ0n) is 14.4. The van der Waals surface area contributed by atoms with Crippen LogP contribution in [0.15, 0.2) is 0 Å². The van der Waals surface area contributed by atoms with Crippen LogP contribution in [-0.2, 0) is 9.59 Å². The molecular weight excluding hydrogens is 334 g/mol. The normalized spacial score (nSPS) is 23.0. The van der Waals surface area contributed by atoms with Crippen LogP contribution < -0.4 is 10.6 Å². The van der Waals surface area contributed by atoms with Gasteiger partial charge in [0.25, 0.3) is 0 Å². The van der Waals surface area contributed by atoms with E-state index in [2.05, 4.69) is 30.7 Å². The zero-order valence-corrected chi connectivity index (χ0v) is 16.0. The second kappa shape index (κ2) is 9.14. The number of piperidine rings is 1. The van der Waals surface area contributed by atoms with Crippen LogP contribution in [0.1, 0.15) is 46.0 Å². The highest BCUT2D eigenvalue weighted by atomic mass is 35.5. The predicted molar refractivity (Wildman–Crippen MR) is 97.9 cm³/mol. The molecule has 2 N–H and O–H groups in total. The van der Waals surface area contributed by atoms with Crippen molar-refractivity contribution >= 4 is 36.0 Å². The number of likely N-dealkylation sites (tertiary alicyclic amines) is 1. The Hall–Kier alpha value is -0.460. The summed E-state index contributed by atoms with van der Waals surface area (Å²) in [6, 6.07) is -0.0752. The lowest BCUT2D eigenvalue weighted by Crippen LogP contribution is -2.58. The summed E-state index contributed by atoms with van der Waals surface area (Å²) in [6.45, 7) is 5.62. The summed E-state index contributed by atoms with van der Waals surface area (Å²) in [4.78, 5) is 26.5. The molecule has 5 nitrogen and oxygen atoms in total. The number of hydrogen-bond acceptors (Lipinski definition) is 4. The smallest absolute Gasteiger partial charge is 0.238 e. The summed E-state index contributed by atoms with van der Waals surface area (Å²) in [5.74, 6) is 1.53. The number of hydrogen-bond donors (Lipinski definition) is 2. The summed E-state index contributed by atoms with van der Waals surface area (Å²) < 4.78 is 0. The SMILES string of the molecule is CCC(CC)C(=O)N1CCC2(CC1)NC(=O)[C@H](CCSC)N2.Cl. The largest absolute Gasteiger partial charge is 0.342 e. The van der Waals surface area contributed by atoms with Crippen LogP contribution in [0.4, 0.5) is 0 Å². The van der Waals surface area contributed by atoms with Crippen LogP contribution in [0.3, 0.4) is 0 Å². The van der Waals surface area contributed by atoms with E-state index in [0.29, 0.717) is 0 Å². The molecule has 0 aromatic carbocycles. The lowest BCUT2D eigenvalue weighted by molar-refractivity contribution is -0.137. The first-order chi connectivity index (χ1) is 10.5. The second-order valence-electron chi connectivity index (χ2n) is 6.39. The Labute approximate surface area is 150 Å². The molecule has 0 aliphatic carbocycles. The van der Waals surface area contributed by atoms with E-state index in [1.165, 1.54) is 0 Å². The molecule has 0 saturated carbocycles. The van der Waals surface area contributed by atoms with Gasteiger partial charge in [-0.15, -0.1) is 12.4 Å². The number of halogens is 1. The molecule has 0 bridgehead atoms. The molecule has 2 aliphatic heterocycles. The third-order valence-corrected chi connectivity index (χ3v) is 5.65. The van der Waals surface area contributed by atoms with Gasteiger partial charge in [-0.25, -0.2) is 0 Å². The number of nitrogens with one attached hydrogen (secondary N) is 2. The van der Waals surface area contributed by atoms with Crippen molar-refractivity contribution < 1.29 is 9.59 Å². The maximum atomic E-state index is 12.4. The fraction of sp³-hybridized carbons (Fsp3) is 0.875. The average Bonchev–Trinajstić information content (AvgIpc) is 2.82. The quantitative estimate of drug-likeness (QED) is 0.757. The van der Waals surface area contributed by atoms with Crippen molar-refractivity contribution in [1.82, 2.24) is 15.5 Å². The van der Waals surface area contributed by atoms with E-state index in [4.69, 9.17) is 0 Å². The Morgan fingerprint density at radius 3 is 2.48 bits per heavy atom. The average molecular weight is 364 g/mol. The van der Waals surface area contributed by atoms with Gasteiger partial charge in [-0.3, -0.25) is 14.9 Å². The Morgan fingerprint density at radius 1 is 1.35 bits per heavy atom. The van der Waals surface area contributed by atoms with Gasteiger partial charge < -0.3 is 10.2 Å². The van der Waals surface area contributed by atoms with E-state index >= 15 is 0 Å². The van der Waals surface area contributed by atoms with Gasteiger partial charge in [0.1, 0.15) is 0 Å². The summed E-state index contributed by atoms with van der Waals surface area (Å²) in [6.07, 6.45) is 6.35. The molecule has 0 aromatic heterocycles. The Kier molecular flexibility index (Phi) is 8.18. The summed E-state index contributed by atoms with van der Waals surface area (Å²) in [5, 5.41) is 6.64. The number of carbonyl (C=O) groups is 2. The Balaban J connectivity index is 0.00000264. The van der Waals surface area contributed by atoms with Gasteiger partial charge in [-0.2, -0.15) is 11.8 Å². The number of nitrogens with zero attached hydrogens (tertiary/aromatic N) is 1. The van der Waals surface area contributed by atoms with Crippen LogP contribution in [0, 0.1) is 5.92 Å². The van der Waals surface area contributed by atoms with Crippen molar-refractivity contribution in [3.63, 3.8) is 0 Å². The topological polar surface area (TPSA) is 61.4 Å². The van der Waals surface area contributed by atoms with Gasteiger partial charge in [0.2, 0.25) is 11.8 Å². The first kappa shape index (κ1) is 20.6. The van der Waals surface area contributed by atoms with Crippen molar-refractivity contribution in [2.75, 3.05) is 25.1 Å². The summed E-state index contributed by atoms with van der Waals surface area (Å²) in [5.41, 5.74) is -0.287. The van der Waals surface area contributed by atoms with E-state index in [-0.39, 0.29) is 41.8 Å². The Bertz CT molecular complexity index is 410. The lowest BCUT2D eigenvalue weighted by atomic mass is 9.95. The molecule has 0 unspecified atom stereocenters. The Morgan fingerprint density at radius 2 is 1.96 bits per heavy atom. The molecule has 134 valence electrons. The molecular formula is C16H30ClN3O2S. The van der Waals surface area contributed by atoms with Crippen LogP contribution >= 0.6 is 24.2 Å². The fourth-order valence-electron chi connectivity index (χ4n) is 3.47. The van der Waals surface area contributed by atoms with E-state index in [9.17, 15) is 9.59 Å². The summed E-state index contributed by atoms with van der Waals surface area (Å²) in [7, 11) is 0. The number of rotatable bonds is 6. The minimum Gasteiger partial charge on any atom is -0.342 e. The first-order valence-electron chi connectivity index (χ1n) is 8.42. The van der Waals surface area contributed by atoms with Crippen LogP contribution in [-0.4, -0.2) is 53.5 Å². The minimum atomic E-state index is -0.287.